The third-order valence-corrected chi connectivity index (χ3v) is 11.5. The first-order valence-electron chi connectivity index (χ1n) is 17.1. The van der Waals surface area contributed by atoms with Crippen molar-refractivity contribution in [1.82, 2.24) is 0 Å². The number of unbranched alkanes of at least 4 members (excludes halogenated alkanes) is 10. The summed E-state index contributed by atoms with van der Waals surface area (Å²) in [6.07, 6.45) is 15.4. The van der Waals surface area contributed by atoms with E-state index >= 15 is 0 Å². The quantitative estimate of drug-likeness (QED) is 0.120. The minimum Gasteiger partial charge on any atom is -0.458 e. The van der Waals surface area contributed by atoms with Crippen molar-refractivity contribution in [2.45, 2.75) is 148 Å². The molecule has 0 aromatic carbocycles. The summed E-state index contributed by atoms with van der Waals surface area (Å²) in [6.45, 7) is 10.4. The molecule has 0 amide bonds. The van der Waals surface area contributed by atoms with E-state index in [4.69, 9.17) is 9.47 Å². The van der Waals surface area contributed by atoms with Crippen molar-refractivity contribution < 1.29 is 39.2 Å². The first-order chi connectivity index (χ1) is 20.7. The number of Topliss-reactive ketones (excluding diaryl/α,β-unsaturated/α-hetero) is 1. The number of esters is 2. The highest BCUT2D eigenvalue weighted by molar-refractivity contribution is 6.04. The van der Waals surface area contributed by atoms with Crippen molar-refractivity contribution in [3.05, 3.63) is 23.3 Å². The highest BCUT2D eigenvalue weighted by atomic mass is 16.6. The van der Waals surface area contributed by atoms with Crippen molar-refractivity contribution in [1.29, 1.82) is 0 Å². The molecule has 0 aromatic heterocycles. The van der Waals surface area contributed by atoms with Crippen LogP contribution in [0.1, 0.15) is 125 Å². The zero-order valence-electron chi connectivity index (χ0n) is 27.8. The molecule has 0 spiro atoms. The van der Waals surface area contributed by atoms with Crippen LogP contribution in [0.3, 0.4) is 0 Å². The largest absolute Gasteiger partial charge is 0.458 e. The van der Waals surface area contributed by atoms with Crippen LogP contribution >= 0.6 is 0 Å². The van der Waals surface area contributed by atoms with E-state index in [1.807, 2.05) is 13.8 Å². The van der Waals surface area contributed by atoms with Gasteiger partial charge in [0.1, 0.15) is 11.7 Å². The summed E-state index contributed by atoms with van der Waals surface area (Å²) in [5.41, 5.74) is -4.71. The van der Waals surface area contributed by atoms with E-state index in [0.717, 1.165) is 19.3 Å². The molecule has 0 radical (unpaired) electrons. The number of hydrogen-bond acceptors (Lipinski definition) is 8. The number of ketones is 1. The van der Waals surface area contributed by atoms with Gasteiger partial charge in [-0.3, -0.25) is 14.4 Å². The van der Waals surface area contributed by atoms with Crippen molar-refractivity contribution in [3.8, 4) is 0 Å². The standard InChI is InChI=1S/C36H56O8/c1-7-8-9-10-11-12-13-14-15-16-17-18-29(39)43-32-24(3)35(42)27(30-33(5,6)36(30,32)44-25(4)38)20-26(22-37)21-34(41)28(35)19-23(2)31(34)40/h19-20,24,27-28,30,32,37,41-42H,7-18,21-22H2,1-6H3/t24-,27-,28-,30-,32-,34-,35+,36-/m1/s1. The lowest BCUT2D eigenvalue weighted by Gasteiger charge is -2.53. The summed E-state index contributed by atoms with van der Waals surface area (Å²) in [5.74, 6) is -4.29. The molecule has 0 unspecified atom stereocenters. The fraction of sp³-hybridized carbons (Fsp3) is 0.806. The molecule has 2 saturated carbocycles. The lowest BCUT2D eigenvalue weighted by atomic mass is 9.59. The highest BCUT2D eigenvalue weighted by Gasteiger charge is 2.87. The maximum absolute atomic E-state index is 13.3. The Balaban J connectivity index is 1.51. The molecule has 0 bridgehead atoms. The number of fused-ring (bicyclic) bond motifs is 5. The molecule has 4 aliphatic carbocycles. The predicted octanol–water partition coefficient (Wildman–Crippen LogP) is 5.75. The van der Waals surface area contributed by atoms with E-state index in [1.54, 1.807) is 26.0 Å². The van der Waals surface area contributed by atoms with Crippen molar-refractivity contribution in [2.75, 3.05) is 6.61 Å². The molecule has 0 aromatic rings. The average Bonchev–Trinajstić information content (AvgIpc) is 3.38. The average molecular weight is 617 g/mol. The molecular weight excluding hydrogens is 560 g/mol. The predicted molar refractivity (Wildman–Crippen MR) is 167 cm³/mol. The van der Waals surface area contributed by atoms with Gasteiger partial charge >= 0.3 is 11.9 Å². The minimum atomic E-state index is -1.93. The number of hydrogen-bond donors (Lipinski definition) is 3. The van der Waals surface area contributed by atoms with Crippen LogP contribution in [0.4, 0.5) is 0 Å². The summed E-state index contributed by atoms with van der Waals surface area (Å²) in [5, 5.41) is 34.8. The summed E-state index contributed by atoms with van der Waals surface area (Å²) in [4.78, 5) is 39.1. The van der Waals surface area contributed by atoms with Crippen LogP contribution in [0, 0.1) is 29.1 Å². The summed E-state index contributed by atoms with van der Waals surface area (Å²) in [7, 11) is 0. The van der Waals surface area contributed by atoms with Crippen LogP contribution < -0.4 is 0 Å². The van der Waals surface area contributed by atoms with Crippen LogP contribution in [0.2, 0.25) is 0 Å². The van der Waals surface area contributed by atoms with Crippen LogP contribution in [0.15, 0.2) is 23.3 Å². The van der Waals surface area contributed by atoms with Crippen molar-refractivity contribution >= 4 is 17.7 Å². The second kappa shape index (κ2) is 13.4. The number of carbonyl (C=O) groups is 3. The molecule has 3 N–H and O–H groups in total. The molecule has 2 fully saturated rings. The van der Waals surface area contributed by atoms with Crippen LogP contribution in [0.5, 0.6) is 0 Å². The van der Waals surface area contributed by atoms with Gasteiger partial charge in [-0.2, -0.15) is 0 Å². The monoisotopic (exact) mass is 616 g/mol. The van der Waals surface area contributed by atoms with Crippen LogP contribution in [-0.4, -0.2) is 62.6 Å². The zero-order chi connectivity index (χ0) is 32.5. The normalized spacial score (nSPS) is 36.8. The second-order valence-electron chi connectivity index (χ2n) is 14.7. The van der Waals surface area contributed by atoms with Crippen LogP contribution in [0.25, 0.3) is 0 Å². The van der Waals surface area contributed by atoms with E-state index in [-0.39, 0.29) is 19.4 Å². The molecule has 8 atom stereocenters. The first-order valence-corrected chi connectivity index (χ1v) is 17.1. The first kappa shape index (κ1) is 34.8. The van der Waals surface area contributed by atoms with Gasteiger partial charge in [0, 0.05) is 48.9 Å². The Morgan fingerprint density at radius 3 is 2.07 bits per heavy atom. The maximum Gasteiger partial charge on any atom is 0.306 e. The number of ether oxygens (including phenoxy) is 2. The molecule has 8 nitrogen and oxygen atoms in total. The summed E-state index contributed by atoms with van der Waals surface area (Å²) < 4.78 is 12.3. The van der Waals surface area contributed by atoms with Crippen molar-refractivity contribution in [3.63, 3.8) is 0 Å². The Bertz CT molecular complexity index is 1150. The lowest BCUT2D eigenvalue weighted by molar-refractivity contribution is -0.228. The van der Waals surface area contributed by atoms with Gasteiger partial charge in [-0.05, 0) is 24.5 Å². The molecule has 0 aliphatic heterocycles. The van der Waals surface area contributed by atoms with E-state index in [1.165, 1.54) is 51.9 Å². The highest BCUT2D eigenvalue weighted by Crippen LogP contribution is 2.77. The Morgan fingerprint density at radius 1 is 0.955 bits per heavy atom. The number of carbonyl (C=O) groups excluding carboxylic acids is 3. The van der Waals surface area contributed by atoms with Gasteiger partial charge in [-0.1, -0.05) is 104 Å². The van der Waals surface area contributed by atoms with Gasteiger partial charge < -0.3 is 24.8 Å². The van der Waals surface area contributed by atoms with Gasteiger partial charge in [0.15, 0.2) is 11.4 Å². The third-order valence-electron chi connectivity index (χ3n) is 11.5. The molecule has 44 heavy (non-hydrogen) atoms. The third kappa shape index (κ3) is 5.84. The molecule has 248 valence electrons. The van der Waals surface area contributed by atoms with E-state index in [2.05, 4.69) is 6.92 Å². The number of aliphatic hydroxyl groups is 3. The van der Waals surface area contributed by atoms with Gasteiger partial charge in [0.2, 0.25) is 0 Å². The van der Waals surface area contributed by atoms with Gasteiger partial charge in [-0.25, -0.2) is 0 Å². The second-order valence-corrected chi connectivity index (χ2v) is 14.7. The molecular formula is C36H56O8. The Morgan fingerprint density at radius 2 is 1.52 bits per heavy atom. The molecule has 0 heterocycles. The van der Waals surface area contributed by atoms with Crippen LogP contribution in [-0.2, 0) is 23.9 Å². The van der Waals surface area contributed by atoms with Crippen molar-refractivity contribution in [2.24, 2.45) is 29.1 Å². The van der Waals surface area contributed by atoms with E-state index in [0.29, 0.717) is 17.6 Å². The van der Waals surface area contributed by atoms with Gasteiger partial charge in [0.25, 0.3) is 0 Å². The lowest BCUT2D eigenvalue weighted by Crippen LogP contribution is -2.66. The smallest absolute Gasteiger partial charge is 0.306 e. The molecule has 4 rings (SSSR count). The molecule has 0 saturated heterocycles. The number of aliphatic hydroxyl groups excluding tert-OH is 1. The summed E-state index contributed by atoms with van der Waals surface area (Å²) >= 11 is 0. The fourth-order valence-electron chi connectivity index (χ4n) is 9.20. The Hall–Kier alpha value is -2.03. The van der Waals surface area contributed by atoms with Gasteiger partial charge in [0.05, 0.1) is 12.2 Å². The fourth-order valence-corrected chi connectivity index (χ4v) is 9.20. The van der Waals surface area contributed by atoms with E-state index < -0.39 is 69.7 Å². The van der Waals surface area contributed by atoms with E-state index in [9.17, 15) is 29.7 Å². The Labute approximate surface area is 263 Å². The SMILES string of the molecule is CCCCCCCCCCCCCC(=O)O[C@@H]1[C@@H](C)[C@]2(O)[C@H](C=C(CO)C[C@]3(O)C(=O)C(C)=C[C@@H]23)[C@@H]2C(C)(C)[C@]12OC(C)=O. The Kier molecular flexibility index (Phi) is 10.6. The minimum absolute atomic E-state index is 0.108. The van der Waals surface area contributed by atoms with Gasteiger partial charge in [-0.15, -0.1) is 0 Å². The topological polar surface area (TPSA) is 130 Å². The number of rotatable bonds is 15. The maximum atomic E-state index is 13.3. The summed E-state index contributed by atoms with van der Waals surface area (Å²) in [6, 6.07) is 0. The molecule has 8 heteroatoms. The molecule has 4 aliphatic rings. The zero-order valence-corrected chi connectivity index (χ0v) is 27.8.